The van der Waals surface area contributed by atoms with Crippen LogP contribution in [0.3, 0.4) is 0 Å². The van der Waals surface area contributed by atoms with E-state index in [1.807, 2.05) is 26.0 Å². The molecule has 15 heavy (non-hydrogen) atoms. The molecule has 0 radical (unpaired) electrons. The summed E-state index contributed by atoms with van der Waals surface area (Å²) in [7, 11) is 0. The summed E-state index contributed by atoms with van der Waals surface area (Å²) in [4.78, 5) is 4.94. The first-order chi connectivity index (χ1) is 7.04. The van der Waals surface area contributed by atoms with Crippen LogP contribution in [0.5, 0.6) is 11.5 Å². The SMILES string of the molecule is CC(C)(ON)c1cc2c(cc1Br)OCO2. The summed E-state index contributed by atoms with van der Waals surface area (Å²) in [6.45, 7) is 4.03. The quantitative estimate of drug-likeness (QED) is 0.841. The van der Waals surface area contributed by atoms with Crippen LogP contribution in [0.4, 0.5) is 0 Å². The Morgan fingerprint density at radius 2 is 1.93 bits per heavy atom. The van der Waals surface area contributed by atoms with Crippen molar-refractivity contribution in [3.63, 3.8) is 0 Å². The molecule has 0 fully saturated rings. The van der Waals surface area contributed by atoms with Gasteiger partial charge in [-0.15, -0.1) is 0 Å². The molecule has 1 aliphatic rings. The van der Waals surface area contributed by atoms with E-state index < -0.39 is 5.60 Å². The van der Waals surface area contributed by atoms with Crippen molar-refractivity contribution >= 4 is 15.9 Å². The average Bonchev–Trinajstić information content (AvgIpc) is 2.63. The smallest absolute Gasteiger partial charge is 0.231 e. The second-order valence-corrected chi connectivity index (χ2v) is 4.67. The van der Waals surface area contributed by atoms with E-state index in [2.05, 4.69) is 15.9 Å². The predicted molar refractivity (Wildman–Crippen MR) is 58.6 cm³/mol. The summed E-state index contributed by atoms with van der Waals surface area (Å²) >= 11 is 3.46. The Balaban J connectivity index is 2.49. The predicted octanol–water partition coefficient (Wildman–Crippen LogP) is 2.30. The highest BCUT2D eigenvalue weighted by Gasteiger charge is 2.27. The summed E-state index contributed by atoms with van der Waals surface area (Å²) < 4.78 is 11.4. The van der Waals surface area contributed by atoms with Crippen LogP contribution in [0.25, 0.3) is 0 Å². The van der Waals surface area contributed by atoms with Crippen molar-refractivity contribution < 1.29 is 14.3 Å². The van der Waals surface area contributed by atoms with Crippen LogP contribution in [0, 0.1) is 0 Å². The van der Waals surface area contributed by atoms with E-state index in [-0.39, 0.29) is 6.79 Å². The lowest BCUT2D eigenvalue weighted by Gasteiger charge is -2.23. The molecule has 1 aromatic rings. The van der Waals surface area contributed by atoms with Crippen LogP contribution >= 0.6 is 15.9 Å². The van der Waals surface area contributed by atoms with Gasteiger partial charge in [-0.2, -0.15) is 0 Å². The second-order valence-electron chi connectivity index (χ2n) is 3.81. The molecule has 0 aromatic heterocycles. The zero-order chi connectivity index (χ0) is 11.1. The van der Waals surface area contributed by atoms with Gasteiger partial charge in [0.15, 0.2) is 11.5 Å². The minimum atomic E-state index is -0.570. The molecule has 0 spiro atoms. The summed E-state index contributed by atoms with van der Waals surface area (Å²) in [6.07, 6.45) is 0. The standard InChI is InChI=1S/C10H12BrNO3/c1-10(2,15-12)6-3-8-9(4-7(6)11)14-5-13-8/h3-4H,5,12H2,1-2H3. The average molecular weight is 274 g/mol. The van der Waals surface area contributed by atoms with Crippen LogP contribution < -0.4 is 15.4 Å². The Hall–Kier alpha value is -0.780. The highest BCUT2D eigenvalue weighted by molar-refractivity contribution is 9.10. The van der Waals surface area contributed by atoms with Crippen molar-refractivity contribution in [1.29, 1.82) is 0 Å². The Morgan fingerprint density at radius 1 is 1.33 bits per heavy atom. The van der Waals surface area contributed by atoms with Crippen molar-refractivity contribution in [2.75, 3.05) is 6.79 Å². The number of rotatable bonds is 2. The van der Waals surface area contributed by atoms with Crippen LogP contribution in [0.15, 0.2) is 16.6 Å². The number of ether oxygens (including phenoxy) is 2. The molecule has 1 aromatic carbocycles. The minimum absolute atomic E-state index is 0.259. The van der Waals surface area contributed by atoms with Crippen molar-refractivity contribution in [1.82, 2.24) is 0 Å². The van der Waals surface area contributed by atoms with E-state index in [9.17, 15) is 0 Å². The molecule has 2 N–H and O–H groups in total. The second kappa shape index (κ2) is 3.66. The van der Waals surface area contributed by atoms with Gasteiger partial charge >= 0.3 is 0 Å². The molecule has 2 rings (SSSR count). The molecule has 82 valence electrons. The molecule has 1 heterocycles. The third-order valence-electron chi connectivity index (χ3n) is 2.41. The lowest BCUT2D eigenvalue weighted by Crippen LogP contribution is -2.25. The molecule has 0 unspecified atom stereocenters. The fourth-order valence-electron chi connectivity index (χ4n) is 1.44. The van der Waals surface area contributed by atoms with Gasteiger partial charge in [0.1, 0.15) is 5.60 Å². The number of nitrogens with two attached hydrogens (primary N) is 1. The molecule has 1 aliphatic heterocycles. The maximum absolute atomic E-state index is 5.29. The molecular weight excluding hydrogens is 262 g/mol. The van der Waals surface area contributed by atoms with E-state index >= 15 is 0 Å². The van der Waals surface area contributed by atoms with Gasteiger partial charge in [-0.1, -0.05) is 15.9 Å². The van der Waals surface area contributed by atoms with Crippen LogP contribution in [-0.4, -0.2) is 6.79 Å². The highest BCUT2D eigenvalue weighted by Crippen LogP contribution is 2.41. The van der Waals surface area contributed by atoms with E-state index in [1.54, 1.807) is 0 Å². The zero-order valence-electron chi connectivity index (χ0n) is 8.54. The third-order valence-corrected chi connectivity index (χ3v) is 3.06. The maximum atomic E-state index is 5.29. The summed E-state index contributed by atoms with van der Waals surface area (Å²) in [5, 5.41) is 0. The number of fused-ring (bicyclic) bond motifs is 1. The van der Waals surface area contributed by atoms with Crippen LogP contribution in [-0.2, 0) is 10.4 Å². The number of benzene rings is 1. The number of hydrogen-bond donors (Lipinski definition) is 1. The van der Waals surface area contributed by atoms with Gasteiger partial charge in [-0.3, -0.25) is 4.84 Å². The molecule has 5 heteroatoms. The van der Waals surface area contributed by atoms with Gasteiger partial charge in [0.05, 0.1) is 0 Å². The third kappa shape index (κ3) is 1.82. The van der Waals surface area contributed by atoms with Gasteiger partial charge in [-0.05, 0) is 26.0 Å². The van der Waals surface area contributed by atoms with Crippen LogP contribution in [0.1, 0.15) is 19.4 Å². The Kier molecular flexibility index (Phi) is 2.62. The summed E-state index contributed by atoms with van der Waals surface area (Å²) in [6, 6.07) is 3.73. The number of halogens is 1. The lowest BCUT2D eigenvalue weighted by molar-refractivity contribution is -0.0242. The van der Waals surface area contributed by atoms with E-state index in [0.717, 1.165) is 21.5 Å². The monoisotopic (exact) mass is 273 g/mol. The van der Waals surface area contributed by atoms with Crippen molar-refractivity contribution in [2.24, 2.45) is 5.90 Å². The van der Waals surface area contributed by atoms with Crippen molar-refractivity contribution in [2.45, 2.75) is 19.4 Å². The largest absolute Gasteiger partial charge is 0.454 e. The van der Waals surface area contributed by atoms with Gasteiger partial charge in [0, 0.05) is 10.0 Å². The zero-order valence-corrected chi connectivity index (χ0v) is 10.1. The number of hydrogen-bond acceptors (Lipinski definition) is 4. The molecule has 0 amide bonds. The Labute approximate surface area is 96.4 Å². The van der Waals surface area contributed by atoms with Crippen molar-refractivity contribution in [3.05, 3.63) is 22.2 Å². The van der Waals surface area contributed by atoms with Gasteiger partial charge in [0.2, 0.25) is 6.79 Å². The van der Waals surface area contributed by atoms with Crippen LogP contribution in [0.2, 0.25) is 0 Å². The lowest BCUT2D eigenvalue weighted by atomic mass is 9.98. The first kappa shape index (κ1) is 10.7. The molecule has 0 aliphatic carbocycles. The molecule has 4 nitrogen and oxygen atoms in total. The molecule has 0 saturated carbocycles. The highest BCUT2D eigenvalue weighted by atomic mass is 79.9. The normalized spacial score (nSPS) is 14.4. The Bertz CT molecular complexity index is 392. The fraction of sp³-hybridized carbons (Fsp3) is 0.400. The van der Waals surface area contributed by atoms with Gasteiger partial charge in [-0.25, -0.2) is 5.90 Å². The van der Waals surface area contributed by atoms with Gasteiger partial charge < -0.3 is 9.47 Å². The molecule has 0 atom stereocenters. The first-order valence-electron chi connectivity index (χ1n) is 4.52. The molecule has 0 saturated heterocycles. The minimum Gasteiger partial charge on any atom is -0.454 e. The van der Waals surface area contributed by atoms with E-state index in [0.29, 0.717) is 0 Å². The first-order valence-corrected chi connectivity index (χ1v) is 5.31. The van der Waals surface area contributed by atoms with Crippen molar-refractivity contribution in [3.8, 4) is 11.5 Å². The topological polar surface area (TPSA) is 53.7 Å². The Morgan fingerprint density at radius 3 is 2.53 bits per heavy atom. The van der Waals surface area contributed by atoms with Gasteiger partial charge in [0.25, 0.3) is 0 Å². The summed E-state index contributed by atoms with van der Waals surface area (Å²) in [5.41, 5.74) is 0.356. The van der Waals surface area contributed by atoms with E-state index in [1.165, 1.54) is 0 Å². The summed E-state index contributed by atoms with van der Waals surface area (Å²) in [5.74, 6) is 6.71. The van der Waals surface area contributed by atoms with E-state index in [4.69, 9.17) is 20.2 Å². The maximum Gasteiger partial charge on any atom is 0.231 e. The molecule has 0 bridgehead atoms. The fourth-order valence-corrected chi connectivity index (χ4v) is 2.24. The molecular formula is C10H12BrNO3.